The molecule has 0 saturated carbocycles. The molecule has 122 valence electrons. The molecule has 2 amide bonds. The van der Waals surface area contributed by atoms with E-state index < -0.39 is 0 Å². The molecular formula is C17H22N4O2. The van der Waals surface area contributed by atoms with E-state index in [4.69, 9.17) is 4.74 Å². The van der Waals surface area contributed by atoms with Crippen molar-refractivity contribution in [2.45, 2.75) is 19.0 Å². The Morgan fingerprint density at radius 3 is 2.96 bits per heavy atom. The minimum atomic E-state index is 0.0492. The number of carbonyl (C=O) groups is 1. The molecule has 0 bridgehead atoms. The van der Waals surface area contributed by atoms with Gasteiger partial charge in [-0.3, -0.25) is 0 Å². The minimum Gasteiger partial charge on any atom is -0.478 e. The largest absolute Gasteiger partial charge is 0.478 e. The zero-order valence-corrected chi connectivity index (χ0v) is 13.6. The molecule has 6 heteroatoms. The average Bonchev–Trinajstić information content (AvgIpc) is 3.03. The number of hydrogen-bond acceptors (Lipinski definition) is 3. The number of aromatic nitrogens is 2. The first-order valence-corrected chi connectivity index (χ1v) is 7.81. The van der Waals surface area contributed by atoms with Crippen LogP contribution < -0.4 is 4.74 Å². The minimum absolute atomic E-state index is 0.0492. The summed E-state index contributed by atoms with van der Waals surface area (Å²) in [6, 6.07) is 10.0. The second-order valence-electron chi connectivity index (χ2n) is 5.92. The topological polar surface area (TPSA) is 50.6 Å². The van der Waals surface area contributed by atoms with Gasteiger partial charge in [-0.15, -0.1) is 0 Å². The molecule has 1 aliphatic heterocycles. The highest BCUT2D eigenvalue weighted by Gasteiger charge is 2.28. The molecule has 0 fully saturated rings. The third kappa shape index (κ3) is 3.47. The van der Waals surface area contributed by atoms with Gasteiger partial charge >= 0.3 is 6.03 Å². The lowest BCUT2D eigenvalue weighted by atomic mass is 10.1. The molecule has 3 rings (SSSR count). The zero-order valence-electron chi connectivity index (χ0n) is 13.6. The van der Waals surface area contributed by atoms with Gasteiger partial charge in [-0.2, -0.15) is 0 Å². The van der Waals surface area contributed by atoms with E-state index in [0.29, 0.717) is 25.6 Å². The van der Waals surface area contributed by atoms with Crippen LogP contribution in [-0.4, -0.2) is 52.6 Å². The highest BCUT2D eigenvalue weighted by molar-refractivity contribution is 5.74. The number of pyridine rings is 1. The molecule has 0 aromatic carbocycles. The highest BCUT2D eigenvalue weighted by Crippen LogP contribution is 2.25. The van der Waals surface area contributed by atoms with Gasteiger partial charge < -0.3 is 19.1 Å². The summed E-state index contributed by atoms with van der Waals surface area (Å²) in [6.45, 7) is 1.93. The number of nitrogens with zero attached hydrogens (tertiary/aromatic N) is 4. The lowest BCUT2D eigenvalue weighted by molar-refractivity contribution is 0.138. The molecule has 2 aromatic rings. The third-order valence-corrected chi connectivity index (χ3v) is 4.04. The maximum absolute atomic E-state index is 12.3. The van der Waals surface area contributed by atoms with Gasteiger partial charge in [0.15, 0.2) is 0 Å². The summed E-state index contributed by atoms with van der Waals surface area (Å²) < 4.78 is 7.96. The number of fused-ring (bicyclic) bond motifs is 1. The van der Waals surface area contributed by atoms with Crippen LogP contribution in [0.15, 0.2) is 42.7 Å². The Labute approximate surface area is 136 Å². The molecule has 0 spiro atoms. The summed E-state index contributed by atoms with van der Waals surface area (Å²) in [4.78, 5) is 19.9. The molecule has 0 aliphatic carbocycles. The molecule has 1 atom stereocenters. The van der Waals surface area contributed by atoms with Crippen LogP contribution in [0.25, 0.3) is 0 Å². The van der Waals surface area contributed by atoms with Gasteiger partial charge in [0.25, 0.3) is 0 Å². The quantitative estimate of drug-likeness (QED) is 0.870. The fraction of sp³-hybridized carbons (Fsp3) is 0.412. The fourth-order valence-electron chi connectivity index (χ4n) is 2.91. The first-order valence-electron chi connectivity index (χ1n) is 7.81. The van der Waals surface area contributed by atoms with E-state index in [1.807, 2.05) is 29.2 Å². The van der Waals surface area contributed by atoms with Crippen molar-refractivity contribution in [1.29, 1.82) is 0 Å². The van der Waals surface area contributed by atoms with Crippen molar-refractivity contribution in [2.24, 2.45) is 0 Å². The molecule has 0 unspecified atom stereocenters. The van der Waals surface area contributed by atoms with Gasteiger partial charge in [-0.05, 0) is 18.2 Å². The molecule has 3 heterocycles. The molecule has 0 saturated heterocycles. The second-order valence-corrected chi connectivity index (χ2v) is 5.92. The van der Waals surface area contributed by atoms with Crippen LogP contribution >= 0.6 is 0 Å². The first-order chi connectivity index (χ1) is 11.1. The number of urea groups is 1. The number of hydrogen-bond donors (Lipinski definition) is 0. The molecule has 0 N–H and O–H groups in total. The van der Waals surface area contributed by atoms with Gasteiger partial charge in [-0.25, -0.2) is 9.78 Å². The summed E-state index contributed by atoms with van der Waals surface area (Å²) >= 11 is 0. The normalized spacial score (nSPS) is 16.8. The summed E-state index contributed by atoms with van der Waals surface area (Å²) in [5.41, 5.74) is 1.16. The Balaban J connectivity index is 1.65. The van der Waals surface area contributed by atoms with Crippen molar-refractivity contribution < 1.29 is 9.53 Å². The van der Waals surface area contributed by atoms with Crippen LogP contribution in [0.1, 0.15) is 18.2 Å². The van der Waals surface area contributed by atoms with Crippen LogP contribution in [0.5, 0.6) is 5.88 Å². The Hall–Kier alpha value is -2.50. The molecule has 2 aromatic heterocycles. The molecule has 6 nitrogen and oxygen atoms in total. The number of amides is 2. The van der Waals surface area contributed by atoms with E-state index in [-0.39, 0.29) is 12.1 Å². The van der Waals surface area contributed by atoms with Crippen molar-refractivity contribution in [1.82, 2.24) is 19.4 Å². The van der Waals surface area contributed by atoms with Crippen LogP contribution in [0, 0.1) is 0 Å². The predicted molar refractivity (Wildman–Crippen MR) is 87.3 cm³/mol. The first kappa shape index (κ1) is 15.4. The van der Waals surface area contributed by atoms with Gasteiger partial charge in [0.1, 0.15) is 0 Å². The monoisotopic (exact) mass is 314 g/mol. The van der Waals surface area contributed by atoms with Crippen LogP contribution in [0.2, 0.25) is 0 Å². The van der Waals surface area contributed by atoms with Crippen molar-refractivity contribution in [2.75, 3.05) is 27.2 Å². The van der Waals surface area contributed by atoms with Gasteiger partial charge in [0, 0.05) is 51.2 Å². The number of rotatable bonds is 4. The lowest BCUT2D eigenvalue weighted by Gasteiger charge is -2.36. The van der Waals surface area contributed by atoms with Crippen molar-refractivity contribution in [3.05, 3.63) is 48.4 Å². The smallest absolute Gasteiger partial charge is 0.319 e. The van der Waals surface area contributed by atoms with Crippen LogP contribution in [0.3, 0.4) is 0 Å². The lowest BCUT2D eigenvalue weighted by Crippen LogP contribution is -2.45. The highest BCUT2D eigenvalue weighted by atomic mass is 16.5. The average molecular weight is 314 g/mol. The SMILES string of the molecule is CN(C)C(=O)N1Cc2cccn2[C@H](CCOc2ccccn2)C1. The second kappa shape index (κ2) is 6.73. The zero-order chi connectivity index (χ0) is 16.2. The van der Waals surface area contributed by atoms with Crippen molar-refractivity contribution in [3.8, 4) is 5.88 Å². The molecular weight excluding hydrogens is 292 g/mol. The van der Waals surface area contributed by atoms with Gasteiger partial charge in [0.05, 0.1) is 19.2 Å². The third-order valence-electron chi connectivity index (χ3n) is 4.04. The van der Waals surface area contributed by atoms with E-state index in [1.165, 1.54) is 0 Å². The maximum Gasteiger partial charge on any atom is 0.319 e. The molecule has 23 heavy (non-hydrogen) atoms. The van der Waals surface area contributed by atoms with Gasteiger partial charge in [-0.1, -0.05) is 6.07 Å². The Bertz CT molecular complexity index is 654. The van der Waals surface area contributed by atoms with E-state index in [2.05, 4.69) is 21.8 Å². The van der Waals surface area contributed by atoms with E-state index in [0.717, 1.165) is 12.1 Å². The Kier molecular flexibility index (Phi) is 4.50. The summed E-state index contributed by atoms with van der Waals surface area (Å²) in [5, 5.41) is 0. The van der Waals surface area contributed by atoms with E-state index in [1.54, 1.807) is 25.2 Å². The summed E-state index contributed by atoms with van der Waals surface area (Å²) in [7, 11) is 3.57. The van der Waals surface area contributed by atoms with E-state index >= 15 is 0 Å². The Morgan fingerprint density at radius 2 is 2.22 bits per heavy atom. The number of ether oxygens (including phenoxy) is 1. The van der Waals surface area contributed by atoms with Gasteiger partial charge in [0.2, 0.25) is 5.88 Å². The summed E-state index contributed by atoms with van der Waals surface area (Å²) in [5.74, 6) is 0.636. The van der Waals surface area contributed by atoms with Crippen molar-refractivity contribution >= 4 is 6.03 Å². The standard InChI is InChI=1S/C17H22N4O2/c1-19(2)17(22)20-12-14-6-5-10-21(14)15(13-20)8-11-23-16-7-3-4-9-18-16/h3-7,9-10,15H,8,11-13H2,1-2H3/t15-/m1/s1. The number of carbonyl (C=O) groups excluding carboxylic acids is 1. The molecule has 1 aliphatic rings. The molecule has 0 radical (unpaired) electrons. The Morgan fingerprint density at radius 1 is 1.35 bits per heavy atom. The van der Waals surface area contributed by atoms with Crippen molar-refractivity contribution in [3.63, 3.8) is 0 Å². The maximum atomic E-state index is 12.3. The van der Waals surface area contributed by atoms with Crippen LogP contribution in [0.4, 0.5) is 4.79 Å². The summed E-state index contributed by atoms with van der Waals surface area (Å²) in [6.07, 6.45) is 4.63. The van der Waals surface area contributed by atoms with Crippen LogP contribution in [-0.2, 0) is 6.54 Å². The fourth-order valence-corrected chi connectivity index (χ4v) is 2.91. The van der Waals surface area contributed by atoms with E-state index in [9.17, 15) is 4.79 Å². The predicted octanol–water partition coefficient (Wildman–Crippen LogP) is 2.39.